The average Bonchev–Trinajstić information content (AvgIpc) is 2.85. The number of unbranched alkanes of at least 4 members (excludes halogenated alkanes) is 6. The summed E-state index contributed by atoms with van der Waals surface area (Å²) in [5.41, 5.74) is 2.72. The maximum absolute atomic E-state index is 6.12. The molecule has 176 valence electrons. The minimum atomic E-state index is 0.521. The summed E-state index contributed by atoms with van der Waals surface area (Å²) < 4.78 is 6.12. The van der Waals surface area contributed by atoms with Crippen LogP contribution in [0, 0.1) is 5.92 Å². The summed E-state index contributed by atoms with van der Waals surface area (Å²) >= 11 is 0. The molecule has 0 saturated heterocycles. The highest BCUT2D eigenvalue weighted by atomic mass is 16.5. The van der Waals surface area contributed by atoms with Gasteiger partial charge in [0.15, 0.2) is 0 Å². The third-order valence-electron chi connectivity index (χ3n) is 6.98. The van der Waals surface area contributed by atoms with Gasteiger partial charge in [-0.2, -0.15) is 0 Å². The van der Waals surface area contributed by atoms with Crippen molar-refractivity contribution in [3.8, 4) is 5.75 Å². The van der Waals surface area contributed by atoms with Crippen molar-refractivity contribution >= 4 is 0 Å². The Hall–Kier alpha value is -1.90. The van der Waals surface area contributed by atoms with Crippen LogP contribution in [0.15, 0.2) is 36.7 Å². The molecule has 0 bridgehead atoms. The molecule has 0 unspecified atom stereocenters. The minimum Gasteiger partial charge on any atom is -0.493 e. The zero-order chi connectivity index (χ0) is 22.4. The highest BCUT2D eigenvalue weighted by Crippen LogP contribution is 2.34. The molecule has 1 heterocycles. The predicted molar refractivity (Wildman–Crippen MR) is 134 cm³/mol. The number of aryl methyl sites for hydroxylation is 2. The number of hydrogen-bond acceptors (Lipinski definition) is 3. The Morgan fingerprint density at radius 3 is 1.91 bits per heavy atom. The minimum absolute atomic E-state index is 0.521. The third-order valence-corrected chi connectivity index (χ3v) is 6.98. The van der Waals surface area contributed by atoms with Crippen LogP contribution in [0.3, 0.4) is 0 Å². The number of benzene rings is 1. The Morgan fingerprint density at radius 2 is 1.31 bits per heavy atom. The molecule has 0 amide bonds. The van der Waals surface area contributed by atoms with Gasteiger partial charge < -0.3 is 4.74 Å². The van der Waals surface area contributed by atoms with Crippen molar-refractivity contribution in [2.75, 3.05) is 6.61 Å². The van der Waals surface area contributed by atoms with E-state index in [0.717, 1.165) is 24.6 Å². The maximum atomic E-state index is 6.12. The summed E-state index contributed by atoms with van der Waals surface area (Å²) in [5.74, 6) is 3.24. The van der Waals surface area contributed by atoms with Crippen LogP contribution in [0.25, 0.3) is 0 Å². The van der Waals surface area contributed by atoms with Crippen LogP contribution >= 0.6 is 0 Å². The number of aromatic nitrogens is 2. The summed E-state index contributed by atoms with van der Waals surface area (Å²) in [6.07, 6.45) is 21.7. The molecule has 3 heteroatoms. The highest BCUT2D eigenvalue weighted by Gasteiger charge is 2.24. The molecule has 1 aromatic carbocycles. The Labute approximate surface area is 196 Å². The van der Waals surface area contributed by atoms with E-state index in [4.69, 9.17) is 14.7 Å². The molecular formula is C29H44N2O. The fourth-order valence-corrected chi connectivity index (χ4v) is 4.77. The van der Waals surface area contributed by atoms with Crippen molar-refractivity contribution in [1.29, 1.82) is 0 Å². The Bertz CT molecular complexity index is 733. The molecule has 0 atom stereocenters. The second-order valence-electron chi connectivity index (χ2n) is 9.74. The molecule has 0 N–H and O–H groups in total. The third kappa shape index (κ3) is 8.56. The summed E-state index contributed by atoms with van der Waals surface area (Å²) in [4.78, 5) is 9.43. The lowest BCUT2D eigenvalue weighted by Crippen LogP contribution is -2.20. The first kappa shape index (κ1) is 24.7. The van der Waals surface area contributed by atoms with Crippen LogP contribution in [0.1, 0.15) is 114 Å². The zero-order valence-electron chi connectivity index (χ0n) is 20.5. The van der Waals surface area contributed by atoms with Gasteiger partial charge in [-0.15, -0.1) is 0 Å². The number of ether oxygens (including phenoxy) is 1. The molecule has 1 saturated carbocycles. The van der Waals surface area contributed by atoms with Crippen molar-refractivity contribution in [1.82, 2.24) is 9.97 Å². The summed E-state index contributed by atoms with van der Waals surface area (Å²) in [6.45, 7) is 5.35. The maximum Gasteiger partial charge on any atom is 0.131 e. The lowest BCUT2D eigenvalue weighted by atomic mass is 9.82. The first-order valence-corrected chi connectivity index (χ1v) is 13.3. The van der Waals surface area contributed by atoms with Crippen molar-refractivity contribution in [2.24, 2.45) is 5.92 Å². The fourth-order valence-electron chi connectivity index (χ4n) is 4.77. The molecule has 2 aromatic rings. The van der Waals surface area contributed by atoms with Crippen LogP contribution in [-0.4, -0.2) is 16.6 Å². The molecule has 3 nitrogen and oxygen atoms in total. The van der Waals surface area contributed by atoms with Gasteiger partial charge in [0.05, 0.1) is 6.61 Å². The molecular weight excluding hydrogens is 392 g/mol. The summed E-state index contributed by atoms with van der Waals surface area (Å²) in [6, 6.07) is 8.78. The largest absolute Gasteiger partial charge is 0.493 e. The van der Waals surface area contributed by atoms with Gasteiger partial charge in [-0.1, -0.05) is 64.5 Å². The van der Waals surface area contributed by atoms with E-state index in [2.05, 4.69) is 50.5 Å². The van der Waals surface area contributed by atoms with E-state index in [-0.39, 0.29) is 0 Å². The Balaban J connectivity index is 1.34. The number of nitrogens with zero attached hydrogens (tertiary/aromatic N) is 2. The lowest BCUT2D eigenvalue weighted by Gasteiger charge is -2.27. The van der Waals surface area contributed by atoms with Gasteiger partial charge in [0.25, 0.3) is 0 Å². The first-order valence-electron chi connectivity index (χ1n) is 13.3. The molecule has 0 spiro atoms. The highest BCUT2D eigenvalue weighted by molar-refractivity contribution is 5.27. The van der Waals surface area contributed by atoms with Crippen LogP contribution in [0.2, 0.25) is 0 Å². The molecule has 1 aromatic heterocycles. The molecule has 0 radical (unpaired) electrons. The molecule has 1 aliphatic rings. The molecule has 32 heavy (non-hydrogen) atoms. The topological polar surface area (TPSA) is 35.0 Å². The number of rotatable bonds is 14. The molecule has 0 aliphatic heterocycles. The van der Waals surface area contributed by atoms with Crippen LogP contribution in [0.5, 0.6) is 5.75 Å². The number of hydrogen-bond donors (Lipinski definition) is 0. The van der Waals surface area contributed by atoms with E-state index < -0.39 is 0 Å². The normalized spacial score (nSPS) is 18.6. The van der Waals surface area contributed by atoms with Gasteiger partial charge >= 0.3 is 0 Å². The molecule has 3 rings (SSSR count). The van der Waals surface area contributed by atoms with Crippen molar-refractivity contribution < 1.29 is 4.74 Å². The standard InChI is InChI=1S/C29H44N2O/c1-3-5-7-9-11-24-15-19-28(20-16-24)32-23-25-13-17-27(18-14-25)29-30-21-26(22-31-29)12-10-8-6-4-2/h15-16,19-22,25,27H,3-14,17-18,23H2,1-2H3/t25-,27-. The van der Waals surface area contributed by atoms with Gasteiger partial charge in [0.2, 0.25) is 0 Å². The van der Waals surface area contributed by atoms with Gasteiger partial charge in [-0.05, 0) is 80.5 Å². The molecule has 1 aliphatic carbocycles. The van der Waals surface area contributed by atoms with Gasteiger partial charge in [0, 0.05) is 18.3 Å². The average molecular weight is 437 g/mol. The van der Waals surface area contributed by atoms with Crippen molar-refractivity contribution in [3.05, 3.63) is 53.6 Å². The smallest absolute Gasteiger partial charge is 0.131 e. The molecule has 1 fully saturated rings. The van der Waals surface area contributed by atoms with E-state index in [0.29, 0.717) is 11.8 Å². The van der Waals surface area contributed by atoms with Crippen molar-refractivity contribution in [3.63, 3.8) is 0 Å². The monoisotopic (exact) mass is 436 g/mol. The fraction of sp³-hybridized carbons (Fsp3) is 0.655. The lowest BCUT2D eigenvalue weighted by molar-refractivity contribution is 0.198. The Morgan fingerprint density at radius 1 is 0.719 bits per heavy atom. The summed E-state index contributed by atoms with van der Waals surface area (Å²) in [5, 5.41) is 0. The van der Waals surface area contributed by atoms with Crippen LogP contribution < -0.4 is 4.74 Å². The van der Waals surface area contributed by atoms with E-state index in [1.165, 1.54) is 94.6 Å². The second kappa shape index (κ2) is 14.3. The SMILES string of the molecule is CCCCCCc1ccc(OC[C@H]2CC[C@H](c3ncc(CCCCCC)cn3)CC2)cc1. The Kier molecular flexibility index (Phi) is 11.0. The van der Waals surface area contributed by atoms with Crippen molar-refractivity contribution in [2.45, 2.75) is 110 Å². The van der Waals surface area contributed by atoms with Crippen LogP contribution in [-0.2, 0) is 12.8 Å². The summed E-state index contributed by atoms with van der Waals surface area (Å²) in [7, 11) is 0. The zero-order valence-corrected chi connectivity index (χ0v) is 20.5. The van der Waals surface area contributed by atoms with E-state index in [9.17, 15) is 0 Å². The van der Waals surface area contributed by atoms with Gasteiger partial charge in [-0.3, -0.25) is 0 Å². The second-order valence-corrected chi connectivity index (χ2v) is 9.74. The van der Waals surface area contributed by atoms with Gasteiger partial charge in [-0.25, -0.2) is 9.97 Å². The van der Waals surface area contributed by atoms with E-state index >= 15 is 0 Å². The van der Waals surface area contributed by atoms with Gasteiger partial charge in [0.1, 0.15) is 11.6 Å². The van der Waals surface area contributed by atoms with Crippen LogP contribution in [0.4, 0.5) is 0 Å². The van der Waals surface area contributed by atoms with E-state index in [1.807, 2.05) is 0 Å². The quantitative estimate of drug-likeness (QED) is 0.281. The first-order chi connectivity index (χ1) is 15.8. The van der Waals surface area contributed by atoms with E-state index in [1.54, 1.807) is 0 Å². The predicted octanol–water partition coefficient (Wildman–Crippen LogP) is 8.08.